The number of rotatable bonds is 4. The van der Waals surface area contributed by atoms with Gasteiger partial charge in [-0.25, -0.2) is 8.42 Å². The maximum atomic E-state index is 12.3. The van der Waals surface area contributed by atoms with E-state index in [0.29, 0.717) is 10.7 Å². The van der Waals surface area contributed by atoms with Gasteiger partial charge in [0.05, 0.1) is 20.6 Å². The Balaban J connectivity index is 2.27. The van der Waals surface area contributed by atoms with Crippen LogP contribution in [-0.2, 0) is 10.0 Å². The van der Waals surface area contributed by atoms with Crippen molar-refractivity contribution in [3.8, 4) is 0 Å². The second-order valence-corrected chi connectivity index (χ2v) is 7.09. The van der Waals surface area contributed by atoms with Gasteiger partial charge in [0.2, 0.25) is 0 Å². The second-order valence-electron chi connectivity index (χ2n) is 4.59. The molecule has 0 saturated heterocycles. The molecule has 0 aromatic heterocycles. The van der Waals surface area contributed by atoms with E-state index in [2.05, 4.69) is 4.72 Å². The predicted octanol–water partition coefficient (Wildman–Crippen LogP) is 3.81. The minimum Gasteiger partial charge on any atom is -0.324 e. The van der Waals surface area contributed by atoms with E-state index in [9.17, 15) is 8.42 Å². The van der Waals surface area contributed by atoms with Gasteiger partial charge in [-0.15, -0.1) is 0 Å². The number of benzene rings is 2. The van der Waals surface area contributed by atoms with Crippen LogP contribution < -0.4 is 10.5 Å². The Kier molecular flexibility index (Phi) is 4.78. The van der Waals surface area contributed by atoms with Crippen LogP contribution in [0.3, 0.4) is 0 Å². The first kappa shape index (κ1) is 16.1. The molecule has 0 saturated carbocycles. The molecule has 0 aliphatic rings. The number of nitrogens with two attached hydrogens (primary N) is 1. The molecule has 0 fully saturated rings. The first-order valence-corrected chi connectivity index (χ1v) is 8.37. The zero-order chi connectivity index (χ0) is 15.6. The topological polar surface area (TPSA) is 72.2 Å². The summed E-state index contributed by atoms with van der Waals surface area (Å²) >= 11 is 11.7. The first-order valence-electron chi connectivity index (χ1n) is 6.13. The third kappa shape index (κ3) is 3.89. The molecule has 1 unspecified atom stereocenters. The zero-order valence-corrected chi connectivity index (χ0v) is 13.5. The third-order valence-electron chi connectivity index (χ3n) is 2.89. The molecule has 0 heterocycles. The Morgan fingerprint density at radius 2 is 1.67 bits per heavy atom. The van der Waals surface area contributed by atoms with Crippen LogP contribution in [0, 0.1) is 0 Å². The molecule has 7 heteroatoms. The summed E-state index contributed by atoms with van der Waals surface area (Å²) in [7, 11) is -3.68. The highest BCUT2D eigenvalue weighted by Gasteiger charge is 2.15. The monoisotopic (exact) mass is 344 g/mol. The minimum atomic E-state index is -3.68. The summed E-state index contributed by atoms with van der Waals surface area (Å²) < 4.78 is 27.0. The molecule has 21 heavy (non-hydrogen) atoms. The molecule has 2 aromatic carbocycles. The highest BCUT2D eigenvalue weighted by Crippen LogP contribution is 2.26. The predicted molar refractivity (Wildman–Crippen MR) is 86.3 cm³/mol. The standard InChI is InChI=1S/C14H14Cl2N2O2S/c1-9(17)10-2-5-12(6-3-10)21(19,20)18-11-4-7-13(15)14(16)8-11/h2-9,18H,17H2,1H3. The lowest BCUT2D eigenvalue weighted by atomic mass is 10.1. The van der Waals surface area contributed by atoms with E-state index in [4.69, 9.17) is 28.9 Å². The lowest BCUT2D eigenvalue weighted by Gasteiger charge is -2.10. The molecule has 0 bridgehead atoms. The van der Waals surface area contributed by atoms with Crippen molar-refractivity contribution >= 4 is 38.9 Å². The highest BCUT2D eigenvalue weighted by molar-refractivity contribution is 7.92. The van der Waals surface area contributed by atoms with Gasteiger partial charge in [0.25, 0.3) is 10.0 Å². The lowest BCUT2D eigenvalue weighted by Crippen LogP contribution is -2.13. The SMILES string of the molecule is CC(N)c1ccc(S(=O)(=O)Nc2ccc(Cl)c(Cl)c2)cc1. The largest absolute Gasteiger partial charge is 0.324 e. The Bertz CT molecular complexity index is 744. The summed E-state index contributed by atoms with van der Waals surface area (Å²) in [5.41, 5.74) is 6.95. The van der Waals surface area contributed by atoms with E-state index < -0.39 is 10.0 Å². The van der Waals surface area contributed by atoms with Crippen LogP contribution >= 0.6 is 23.2 Å². The van der Waals surface area contributed by atoms with Crippen LogP contribution in [0.1, 0.15) is 18.5 Å². The van der Waals surface area contributed by atoms with E-state index in [1.165, 1.54) is 24.3 Å². The quantitative estimate of drug-likeness (QED) is 0.885. The van der Waals surface area contributed by atoms with E-state index in [1.54, 1.807) is 18.2 Å². The molecule has 0 radical (unpaired) electrons. The number of anilines is 1. The highest BCUT2D eigenvalue weighted by atomic mass is 35.5. The minimum absolute atomic E-state index is 0.148. The summed E-state index contributed by atoms with van der Waals surface area (Å²) in [4.78, 5) is 0.151. The van der Waals surface area contributed by atoms with Crippen molar-refractivity contribution in [3.63, 3.8) is 0 Å². The molecule has 2 aromatic rings. The Labute approximate surface area is 133 Å². The van der Waals surface area contributed by atoms with Crippen molar-refractivity contribution in [3.05, 3.63) is 58.1 Å². The van der Waals surface area contributed by atoms with E-state index in [1.807, 2.05) is 6.92 Å². The fraction of sp³-hybridized carbons (Fsp3) is 0.143. The lowest BCUT2D eigenvalue weighted by molar-refractivity contribution is 0.601. The van der Waals surface area contributed by atoms with Gasteiger partial charge in [-0.3, -0.25) is 4.72 Å². The third-order valence-corrected chi connectivity index (χ3v) is 5.02. The zero-order valence-electron chi connectivity index (χ0n) is 11.2. The number of hydrogen-bond donors (Lipinski definition) is 2. The maximum absolute atomic E-state index is 12.3. The van der Waals surface area contributed by atoms with Crippen LogP contribution in [0.2, 0.25) is 10.0 Å². The normalized spacial score (nSPS) is 13.0. The summed E-state index contributed by atoms with van der Waals surface area (Å²) in [5.74, 6) is 0. The van der Waals surface area contributed by atoms with Gasteiger partial charge in [0.1, 0.15) is 0 Å². The van der Waals surface area contributed by atoms with Crippen LogP contribution in [-0.4, -0.2) is 8.42 Å². The van der Waals surface area contributed by atoms with E-state index >= 15 is 0 Å². The summed E-state index contributed by atoms with van der Waals surface area (Å²) in [6.45, 7) is 1.83. The number of nitrogens with one attached hydrogen (secondary N) is 1. The van der Waals surface area contributed by atoms with Crippen LogP contribution in [0.4, 0.5) is 5.69 Å². The first-order chi connectivity index (χ1) is 9.79. The van der Waals surface area contributed by atoms with Gasteiger partial charge in [0.15, 0.2) is 0 Å². The van der Waals surface area contributed by atoms with Gasteiger partial charge >= 0.3 is 0 Å². The van der Waals surface area contributed by atoms with E-state index in [0.717, 1.165) is 5.56 Å². The summed E-state index contributed by atoms with van der Waals surface area (Å²) in [5, 5.41) is 0.644. The molecule has 112 valence electrons. The van der Waals surface area contributed by atoms with Gasteiger partial charge in [-0.1, -0.05) is 35.3 Å². The fourth-order valence-electron chi connectivity index (χ4n) is 1.72. The Morgan fingerprint density at radius 1 is 1.05 bits per heavy atom. The smallest absolute Gasteiger partial charge is 0.261 e. The van der Waals surface area contributed by atoms with E-state index in [-0.39, 0.29) is 16.0 Å². The number of halogens is 2. The van der Waals surface area contributed by atoms with Crippen molar-refractivity contribution in [2.75, 3.05) is 4.72 Å². The fourth-order valence-corrected chi connectivity index (χ4v) is 3.07. The van der Waals surface area contributed by atoms with Crippen molar-refractivity contribution in [1.82, 2.24) is 0 Å². The summed E-state index contributed by atoms with van der Waals surface area (Å²) in [6, 6.07) is 10.8. The average Bonchev–Trinajstić information content (AvgIpc) is 2.43. The maximum Gasteiger partial charge on any atom is 0.261 e. The van der Waals surface area contributed by atoms with Gasteiger partial charge < -0.3 is 5.73 Å². The molecule has 2 rings (SSSR count). The molecule has 0 aliphatic heterocycles. The number of hydrogen-bond acceptors (Lipinski definition) is 3. The Hall–Kier alpha value is -1.27. The van der Waals surface area contributed by atoms with Crippen LogP contribution in [0.25, 0.3) is 0 Å². The second kappa shape index (κ2) is 6.23. The van der Waals surface area contributed by atoms with Gasteiger partial charge in [-0.2, -0.15) is 0 Å². The average molecular weight is 345 g/mol. The van der Waals surface area contributed by atoms with Crippen LogP contribution in [0.15, 0.2) is 47.4 Å². The molecule has 0 spiro atoms. The Morgan fingerprint density at radius 3 is 2.19 bits per heavy atom. The molecule has 4 nitrogen and oxygen atoms in total. The molecule has 3 N–H and O–H groups in total. The van der Waals surface area contributed by atoms with Crippen molar-refractivity contribution in [2.45, 2.75) is 17.9 Å². The molecular weight excluding hydrogens is 331 g/mol. The molecule has 0 aliphatic carbocycles. The number of sulfonamides is 1. The summed E-state index contributed by atoms with van der Waals surface area (Å²) in [6.07, 6.45) is 0. The van der Waals surface area contributed by atoms with Crippen molar-refractivity contribution in [2.24, 2.45) is 5.73 Å². The van der Waals surface area contributed by atoms with Gasteiger partial charge in [-0.05, 0) is 42.8 Å². The van der Waals surface area contributed by atoms with Crippen LogP contribution in [0.5, 0.6) is 0 Å². The molecular formula is C14H14Cl2N2O2S. The van der Waals surface area contributed by atoms with Gasteiger partial charge in [0, 0.05) is 6.04 Å². The molecule has 1 atom stereocenters. The van der Waals surface area contributed by atoms with Crippen molar-refractivity contribution in [1.29, 1.82) is 0 Å². The molecule has 0 amide bonds. The van der Waals surface area contributed by atoms with Crippen molar-refractivity contribution < 1.29 is 8.42 Å².